The third-order valence-electron chi connectivity index (χ3n) is 4.01. The fourth-order valence-electron chi connectivity index (χ4n) is 2.77. The summed E-state index contributed by atoms with van der Waals surface area (Å²) in [5.41, 5.74) is 0.942. The predicted molar refractivity (Wildman–Crippen MR) is 85.1 cm³/mol. The molecule has 1 aliphatic heterocycles. The van der Waals surface area contributed by atoms with Gasteiger partial charge in [0.25, 0.3) is 0 Å². The van der Waals surface area contributed by atoms with Crippen LogP contribution in [0.15, 0.2) is 24.3 Å². The lowest BCUT2D eigenvalue weighted by Gasteiger charge is -2.22. The molecule has 1 heterocycles. The summed E-state index contributed by atoms with van der Waals surface area (Å²) in [4.78, 5) is 2.43. The molecule has 1 saturated heterocycles. The van der Waals surface area contributed by atoms with E-state index in [1.54, 1.807) is 6.07 Å². The molecule has 1 atom stereocenters. The summed E-state index contributed by atoms with van der Waals surface area (Å²) in [6, 6.07) is 7.68. The Morgan fingerprint density at radius 2 is 2.00 bits per heavy atom. The van der Waals surface area contributed by atoms with Crippen LogP contribution in [-0.2, 0) is 0 Å². The minimum atomic E-state index is -4.63. The van der Waals surface area contributed by atoms with E-state index >= 15 is 0 Å². The average Bonchev–Trinajstić information content (AvgIpc) is 2.82. The molecule has 1 aromatic rings. The van der Waals surface area contributed by atoms with E-state index in [-0.39, 0.29) is 5.75 Å². The van der Waals surface area contributed by atoms with Crippen molar-refractivity contribution < 1.29 is 17.9 Å². The molecule has 1 aliphatic rings. The standard InChI is InChI=1S/C16H24F3NOSi/c1-22(2,3)10-9-20-8-7-14(12-20)13-5-4-6-15(11-13)21-16(17,18)19/h4-6,11,14H,7-10,12H2,1-3H3. The molecular formula is C16H24F3NOSi. The van der Waals surface area contributed by atoms with Crippen molar-refractivity contribution in [3.63, 3.8) is 0 Å². The van der Waals surface area contributed by atoms with Crippen LogP contribution in [0, 0.1) is 0 Å². The molecular weight excluding hydrogens is 307 g/mol. The van der Waals surface area contributed by atoms with Crippen molar-refractivity contribution in [2.24, 2.45) is 0 Å². The highest BCUT2D eigenvalue weighted by Gasteiger charge is 2.31. The first kappa shape index (κ1) is 17.3. The summed E-state index contributed by atoms with van der Waals surface area (Å²) in [5, 5.41) is 0. The Bertz CT molecular complexity index is 499. The maximum Gasteiger partial charge on any atom is 0.573 e. The summed E-state index contributed by atoms with van der Waals surface area (Å²) in [6.45, 7) is 10.1. The minimum absolute atomic E-state index is 0.120. The molecule has 2 rings (SSSR count). The maximum atomic E-state index is 12.3. The lowest BCUT2D eigenvalue weighted by Crippen LogP contribution is -2.29. The number of nitrogens with zero attached hydrogens (tertiary/aromatic N) is 1. The zero-order valence-corrected chi connectivity index (χ0v) is 14.4. The van der Waals surface area contributed by atoms with Crippen molar-refractivity contribution in [2.75, 3.05) is 19.6 Å². The van der Waals surface area contributed by atoms with Crippen molar-refractivity contribution in [3.8, 4) is 5.75 Å². The fourth-order valence-corrected chi connectivity index (χ4v) is 3.75. The highest BCUT2D eigenvalue weighted by Crippen LogP contribution is 2.31. The van der Waals surface area contributed by atoms with E-state index in [0.29, 0.717) is 5.92 Å². The summed E-state index contributed by atoms with van der Waals surface area (Å²) in [5.74, 6) is 0.184. The number of hydrogen-bond acceptors (Lipinski definition) is 2. The smallest absolute Gasteiger partial charge is 0.406 e. The Morgan fingerprint density at radius 3 is 2.64 bits per heavy atom. The topological polar surface area (TPSA) is 12.5 Å². The first-order valence-corrected chi connectivity index (χ1v) is 11.4. The first-order valence-electron chi connectivity index (χ1n) is 7.70. The third kappa shape index (κ3) is 5.65. The highest BCUT2D eigenvalue weighted by atomic mass is 28.3. The second-order valence-electron chi connectivity index (χ2n) is 7.22. The van der Waals surface area contributed by atoms with Gasteiger partial charge in [0.05, 0.1) is 0 Å². The van der Waals surface area contributed by atoms with Gasteiger partial charge >= 0.3 is 6.36 Å². The number of benzene rings is 1. The lowest BCUT2D eigenvalue weighted by atomic mass is 9.98. The zero-order valence-electron chi connectivity index (χ0n) is 13.4. The number of likely N-dealkylation sites (tertiary alicyclic amines) is 1. The van der Waals surface area contributed by atoms with E-state index in [2.05, 4.69) is 29.3 Å². The molecule has 0 spiro atoms. The van der Waals surface area contributed by atoms with Crippen molar-refractivity contribution >= 4 is 8.07 Å². The van der Waals surface area contributed by atoms with Gasteiger partial charge in [0.1, 0.15) is 5.75 Å². The van der Waals surface area contributed by atoms with Crippen LogP contribution in [0.1, 0.15) is 17.9 Å². The van der Waals surface area contributed by atoms with Gasteiger partial charge in [-0.2, -0.15) is 0 Å². The molecule has 6 heteroatoms. The largest absolute Gasteiger partial charge is 0.573 e. The molecule has 22 heavy (non-hydrogen) atoms. The maximum absolute atomic E-state index is 12.3. The van der Waals surface area contributed by atoms with Crippen LogP contribution >= 0.6 is 0 Å². The molecule has 0 N–H and O–H groups in total. The van der Waals surface area contributed by atoms with Crippen LogP contribution in [0.4, 0.5) is 13.2 Å². The van der Waals surface area contributed by atoms with Crippen LogP contribution in [0.3, 0.4) is 0 Å². The molecule has 1 unspecified atom stereocenters. The van der Waals surface area contributed by atoms with E-state index in [0.717, 1.165) is 31.6 Å². The van der Waals surface area contributed by atoms with Gasteiger partial charge in [-0.1, -0.05) is 31.8 Å². The summed E-state index contributed by atoms with van der Waals surface area (Å²) >= 11 is 0. The molecule has 0 amide bonds. The molecule has 124 valence electrons. The molecule has 0 aliphatic carbocycles. The second-order valence-corrected chi connectivity index (χ2v) is 12.8. The van der Waals surface area contributed by atoms with E-state index in [9.17, 15) is 13.2 Å². The molecule has 0 saturated carbocycles. The van der Waals surface area contributed by atoms with E-state index < -0.39 is 14.4 Å². The van der Waals surface area contributed by atoms with Gasteiger partial charge in [-0.15, -0.1) is 13.2 Å². The number of hydrogen-bond donors (Lipinski definition) is 0. The number of halogens is 3. The van der Waals surface area contributed by atoms with Gasteiger partial charge < -0.3 is 9.64 Å². The first-order chi connectivity index (χ1) is 10.1. The Hall–Kier alpha value is -1.01. The Balaban J connectivity index is 1.94. The zero-order chi connectivity index (χ0) is 16.4. The fraction of sp³-hybridized carbons (Fsp3) is 0.625. The van der Waals surface area contributed by atoms with Crippen LogP contribution in [0.5, 0.6) is 5.75 Å². The van der Waals surface area contributed by atoms with Gasteiger partial charge in [0.15, 0.2) is 0 Å². The molecule has 2 nitrogen and oxygen atoms in total. The number of ether oxygens (including phenoxy) is 1. The molecule has 0 bridgehead atoms. The lowest BCUT2D eigenvalue weighted by molar-refractivity contribution is -0.274. The Kier molecular flexibility index (Phi) is 5.22. The summed E-state index contributed by atoms with van der Waals surface area (Å²) in [7, 11) is -1.05. The van der Waals surface area contributed by atoms with Gasteiger partial charge in [-0.25, -0.2) is 0 Å². The van der Waals surface area contributed by atoms with E-state index in [1.165, 1.54) is 18.2 Å². The highest BCUT2D eigenvalue weighted by molar-refractivity contribution is 6.76. The number of rotatable bonds is 5. The van der Waals surface area contributed by atoms with Gasteiger partial charge in [-0.3, -0.25) is 0 Å². The van der Waals surface area contributed by atoms with Crippen LogP contribution < -0.4 is 4.74 Å². The SMILES string of the molecule is C[Si](C)(C)CCN1CCC(c2cccc(OC(F)(F)F)c2)C1. The normalized spacial score (nSPS) is 20.4. The Morgan fingerprint density at radius 1 is 1.27 bits per heavy atom. The second kappa shape index (κ2) is 6.62. The minimum Gasteiger partial charge on any atom is -0.406 e. The van der Waals surface area contributed by atoms with Crippen molar-refractivity contribution in [1.29, 1.82) is 0 Å². The van der Waals surface area contributed by atoms with Gasteiger partial charge in [0, 0.05) is 14.6 Å². The average molecular weight is 331 g/mol. The van der Waals surface area contributed by atoms with Crippen LogP contribution in [0.25, 0.3) is 0 Å². The van der Waals surface area contributed by atoms with Crippen molar-refractivity contribution in [2.45, 2.75) is 44.4 Å². The molecule has 0 radical (unpaired) electrons. The molecule has 0 aromatic heterocycles. The van der Waals surface area contributed by atoms with E-state index in [4.69, 9.17) is 0 Å². The predicted octanol–water partition coefficient (Wildman–Crippen LogP) is 4.71. The summed E-state index contributed by atoms with van der Waals surface area (Å²) in [6.07, 6.45) is -3.63. The monoisotopic (exact) mass is 331 g/mol. The Labute approximate surface area is 131 Å². The number of alkyl halides is 3. The van der Waals surface area contributed by atoms with Gasteiger partial charge in [-0.05, 0) is 49.2 Å². The van der Waals surface area contributed by atoms with Crippen molar-refractivity contribution in [3.05, 3.63) is 29.8 Å². The molecule has 1 fully saturated rings. The van der Waals surface area contributed by atoms with Gasteiger partial charge in [0.2, 0.25) is 0 Å². The van der Waals surface area contributed by atoms with Crippen molar-refractivity contribution in [1.82, 2.24) is 4.90 Å². The van der Waals surface area contributed by atoms with Crippen LogP contribution in [-0.4, -0.2) is 39.0 Å². The van der Waals surface area contributed by atoms with Crippen LogP contribution in [0.2, 0.25) is 25.7 Å². The third-order valence-corrected chi connectivity index (χ3v) is 5.74. The van der Waals surface area contributed by atoms with E-state index in [1.807, 2.05) is 6.07 Å². The quantitative estimate of drug-likeness (QED) is 0.724. The molecule has 1 aromatic carbocycles. The summed E-state index contributed by atoms with van der Waals surface area (Å²) < 4.78 is 40.9.